The van der Waals surface area contributed by atoms with Crippen molar-refractivity contribution in [3.05, 3.63) is 65.1 Å². The van der Waals surface area contributed by atoms with Gasteiger partial charge >= 0.3 is 0 Å². The average Bonchev–Trinajstić information content (AvgIpc) is 2.79. The number of aryl methyl sites for hydroxylation is 2. The number of rotatable bonds is 3. The average molecular weight is 284 g/mol. The van der Waals surface area contributed by atoms with Crippen LogP contribution in [0.15, 0.2) is 42.5 Å². The molecule has 0 aliphatic heterocycles. The molecule has 2 aromatic carbocycles. The van der Waals surface area contributed by atoms with Crippen LogP contribution in [0, 0.1) is 12.7 Å². The summed E-state index contributed by atoms with van der Waals surface area (Å²) < 4.78 is 15.4. The molecule has 3 aromatic rings. The number of hydrogen-bond donors (Lipinski definition) is 1. The van der Waals surface area contributed by atoms with E-state index < -0.39 is 6.10 Å². The fourth-order valence-electron chi connectivity index (χ4n) is 2.56. The maximum Gasteiger partial charge on any atom is 0.126 e. The summed E-state index contributed by atoms with van der Waals surface area (Å²) >= 11 is 0. The molecule has 1 aromatic heterocycles. The van der Waals surface area contributed by atoms with Crippen molar-refractivity contribution in [1.82, 2.24) is 9.78 Å². The van der Waals surface area contributed by atoms with Gasteiger partial charge in [0, 0.05) is 18.9 Å². The third kappa shape index (κ3) is 2.54. The van der Waals surface area contributed by atoms with Gasteiger partial charge in [0.05, 0.1) is 17.3 Å². The van der Waals surface area contributed by atoms with Crippen molar-refractivity contribution in [3.63, 3.8) is 0 Å². The van der Waals surface area contributed by atoms with Crippen LogP contribution < -0.4 is 0 Å². The third-order valence-corrected chi connectivity index (χ3v) is 3.80. The van der Waals surface area contributed by atoms with Crippen molar-refractivity contribution in [2.24, 2.45) is 7.05 Å². The maximum atomic E-state index is 13.6. The number of benzene rings is 2. The van der Waals surface area contributed by atoms with Crippen molar-refractivity contribution in [2.75, 3.05) is 0 Å². The molecule has 108 valence electrons. The molecule has 0 aliphatic carbocycles. The van der Waals surface area contributed by atoms with E-state index in [2.05, 4.69) is 5.10 Å². The lowest BCUT2D eigenvalue weighted by atomic mass is 10.0. The number of nitrogens with zero attached hydrogens (tertiary/aromatic N) is 2. The van der Waals surface area contributed by atoms with E-state index in [1.807, 2.05) is 31.3 Å². The Balaban J connectivity index is 1.92. The van der Waals surface area contributed by atoms with Crippen molar-refractivity contribution in [3.8, 4) is 0 Å². The van der Waals surface area contributed by atoms with E-state index in [-0.39, 0.29) is 5.82 Å². The Hall–Kier alpha value is -2.20. The number of para-hydroxylation sites is 1. The Morgan fingerprint density at radius 3 is 2.76 bits per heavy atom. The van der Waals surface area contributed by atoms with Crippen LogP contribution in [0.3, 0.4) is 0 Å². The number of halogens is 1. The van der Waals surface area contributed by atoms with Crippen molar-refractivity contribution < 1.29 is 9.50 Å². The van der Waals surface area contributed by atoms with Gasteiger partial charge in [0.25, 0.3) is 0 Å². The lowest BCUT2D eigenvalue weighted by Crippen LogP contribution is -2.04. The molecule has 1 N–H and O–H groups in total. The van der Waals surface area contributed by atoms with Crippen LogP contribution in [-0.4, -0.2) is 14.9 Å². The van der Waals surface area contributed by atoms with Crippen LogP contribution in [0.4, 0.5) is 4.39 Å². The predicted molar refractivity (Wildman–Crippen MR) is 80.5 cm³/mol. The molecule has 0 bridgehead atoms. The lowest BCUT2D eigenvalue weighted by Gasteiger charge is -2.10. The zero-order chi connectivity index (χ0) is 15.0. The van der Waals surface area contributed by atoms with Gasteiger partial charge in [-0.2, -0.15) is 5.10 Å². The Bertz CT molecular complexity index is 795. The zero-order valence-corrected chi connectivity index (χ0v) is 12.0. The molecular formula is C17H17FN2O. The number of aliphatic hydroxyl groups excluding tert-OH is 1. The fourth-order valence-corrected chi connectivity index (χ4v) is 2.56. The summed E-state index contributed by atoms with van der Waals surface area (Å²) in [5.41, 5.74) is 3.00. The first-order valence-corrected chi connectivity index (χ1v) is 6.91. The van der Waals surface area contributed by atoms with Gasteiger partial charge in [0.15, 0.2) is 0 Å². The molecule has 0 saturated carbocycles. The SMILES string of the molecule is Cc1ccc(C(O)Cc2nn(C)c3ccccc23)cc1F. The number of aliphatic hydroxyl groups is 1. The minimum atomic E-state index is -0.765. The van der Waals surface area contributed by atoms with E-state index in [0.717, 1.165) is 16.6 Å². The Morgan fingerprint density at radius 2 is 2.00 bits per heavy atom. The molecule has 0 spiro atoms. The standard InChI is InChI=1S/C17H17FN2O/c1-11-7-8-12(9-14(11)18)17(21)10-15-13-5-3-4-6-16(13)20(2)19-15/h3-9,17,21H,10H2,1-2H3. The van der Waals surface area contributed by atoms with Crippen molar-refractivity contribution >= 4 is 10.9 Å². The normalized spacial score (nSPS) is 12.8. The van der Waals surface area contributed by atoms with Gasteiger partial charge in [-0.25, -0.2) is 4.39 Å². The third-order valence-electron chi connectivity index (χ3n) is 3.80. The van der Waals surface area contributed by atoms with Crippen LogP contribution in [0.1, 0.15) is 22.9 Å². The van der Waals surface area contributed by atoms with Gasteiger partial charge in [0.1, 0.15) is 5.82 Å². The number of hydrogen-bond acceptors (Lipinski definition) is 2. The molecule has 0 radical (unpaired) electrons. The first kappa shape index (κ1) is 13.8. The molecule has 0 saturated heterocycles. The van der Waals surface area contributed by atoms with Gasteiger partial charge in [0.2, 0.25) is 0 Å². The highest BCUT2D eigenvalue weighted by molar-refractivity contribution is 5.81. The van der Waals surface area contributed by atoms with Gasteiger partial charge in [-0.05, 0) is 30.2 Å². The quantitative estimate of drug-likeness (QED) is 0.801. The van der Waals surface area contributed by atoms with Crippen molar-refractivity contribution in [1.29, 1.82) is 0 Å². The summed E-state index contributed by atoms with van der Waals surface area (Å²) in [6.07, 6.45) is -0.400. The van der Waals surface area contributed by atoms with Crippen molar-refractivity contribution in [2.45, 2.75) is 19.4 Å². The predicted octanol–water partition coefficient (Wildman–Crippen LogP) is 3.30. The highest BCUT2D eigenvalue weighted by Gasteiger charge is 2.15. The maximum absolute atomic E-state index is 13.6. The van der Waals surface area contributed by atoms with Crippen LogP contribution in [0.5, 0.6) is 0 Å². The first-order chi connectivity index (χ1) is 10.1. The fraction of sp³-hybridized carbons (Fsp3) is 0.235. The molecular weight excluding hydrogens is 267 g/mol. The van der Waals surface area contributed by atoms with E-state index in [4.69, 9.17) is 0 Å². The van der Waals surface area contributed by atoms with E-state index in [0.29, 0.717) is 17.5 Å². The van der Waals surface area contributed by atoms with Crippen LogP contribution in [0.25, 0.3) is 10.9 Å². The number of fused-ring (bicyclic) bond motifs is 1. The minimum Gasteiger partial charge on any atom is -0.388 e. The monoisotopic (exact) mass is 284 g/mol. The van der Waals surface area contributed by atoms with E-state index in [1.165, 1.54) is 6.07 Å². The minimum absolute atomic E-state index is 0.294. The van der Waals surface area contributed by atoms with E-state index in [9.17, 15) is 9.50 Å². The van der Waals surface area contributed by atoms with E-state index in [1.54, 1.807) is 23.7 Å². The first-order valence-electron chi connectivity index (χ1n) is 6.91. The second-order valence-electron chi connectivity index (χ2n) is 5.32. The van der Waals surface area contributed by atoms with Gasteiger partial charge in [-0.1, -0.05) is 30.3 Å². The Morgan fingerprint density at radius 1 is 1.24 bits per heavy atom. The summed E-state index contributed by atoms with van der Waals surface area (Å²) in [4.78, 5) is 0. The van der Waals surface area contributed by atoms with Crippen LogP contribution in [-0.2, 0) is 13.5 Å². The molecule has 0 fully saturated rings. The molecule has 3 nitrogen and oxygen atoms in total. The van der Waals surface area contributed by atoms with Gasteiger partial charge in [-0.15, -0.1) is 0 Å². The van der Waals surface area contributed by atoms with Crippen LogP contribution in [0.2, 0.25) is 0 Å². The molecule has 0 amide bonds. The van der Waals surface area contributed by atoms with Gasteiger partial charge < -0.3 is 5.11 Å². The molecule has 1 heterocycles. The number of aromatic nitrogens is 2. The molecule has 21 heavy (non-hydrogen) atoms. The molecule has 4 heteroatoms. The largest absolute Gasteiger partial charge is 0.388 e. The van der Waals surface area contributed by atoms with Gasteiger partial charge in [-0.3, -0.25) is 4.68 Å². The summed E-state index contributed by atoms with van der Waals surface area (Å²) in [6.45, 7) is 1.71. The van der Waals surface area contributed by atoms with Crippen LogP contribution >= 0.6 is 0 Å². The molecule has 1 unspecified atom stereocenters. The second-order valence-corrected chi connectivity index (χ2v) is 5.32. The highest BCUT2D eigenvalue weighted by atomic mass is 19.1. The topological polar surface area (TPSA) is 38.1 Å². The molecule has 1 atom stereocenters. The lowest BCUT2D eigenvalue weighted by molar-refractivity contribution is 0.177. The summed E-state index contributed by atoms with van der Waals surface area (Å²) in [6, 6.07) is 12.7. The molecule has 0 aliphatic rings. The summed E-state index contributed by atoms with van der Waals surface area (Å²) in [5, 5.41) is 15.8. The Labute approximate surface area is 122 Å². The molecule has 3 rings (SSSR count). The highest BCUT2D eigenvalue weighted by Crippen LogP contribution is 2.24. The zero-order valence-electron chi connectivity index (χ0n) is 12.0. The summed E-state index contributed by atoms with van der Waals surface area (Å²) in [7, 11) is 1.88. The summed E-state index contributed by atoms with van der Waals surface area (Å²) in [5.74, 6) is -0.294. The smallest absolute Gasteiger partial charge is 0.126 e. The Kier molecular flexibility index (Phi) is 3.47. The second kappa shape index (κ2) is 5.30. The van der Waals surface area contributed by atoms with E-state index >= 15 is 0 Å².